The Bertz CT molecular complexity index is 324. The standard InChI is InChI=1S/C14H26N2O3/c1-14(15-2,13(17)18-3)7-8-16-9-10-19-12-6-4-5-11(12)16/h11-12,15H,4-10H2,1-3H3. The van der Waals surface area contributed by atoms with Crippen molar-refractivity contribution in [2.24, 2.45) is 0 Å². The number of likely N-dealkylation sites (N-methyl/N-ethyl adjacent to an activating group) is 1. The summed E-state index contributed by atoms with van der Waals surface area (Å²) in [6.45, 7) is 4.61. The van der Waals surface area contributed by atoms with Crippen LogP contribution < -0.4 is 5.32 Å². The van der Waals surface area contributed by atoms with Gasteiger partial charge in [0, 0.05) is 19.1 Å². The van der Waals surface area contributed by atoms with E-state index in [4.69, 9.17) is 9.47 Å². The van der Waals surface area contributed by atoms with Gasteiger partial charge in [-0.1, -0.05) is 0 Å². The van der Waals surface area contributed by atoms with Crippen molar-refractivity contribution < 1.29 is 14.3 Å². The second-order valence-corrected chi connectivity index (χ2v) is 5.77. The molecular weight excluding hydrogens is 244 g/mol. The van der Waals surface area contributed by atoms with Crippen LogP contribution in [0.15, 0.2) is 0 Å². The maximum Gasteiger partial charge on any atom is 0.325 e. The quantitative estimate of drug-likeness (QED) is 0.748. The van der Waals surface area contributed by atoms with E-state index >= 15 is 0 Å². The van der Waals surface area contributed by atoms with Gasteiger partial charge in [0.05, 0.1) is 19.8 Å². The molecule has 1 heterocycles. The monoisotopic (exact) mass is 270 g/mol. The number of nitrogens with zero attached hydrogens (tertiary/aromatic N) is 1. The van der Waals surface area contributed by atoms with E-state index in [1.54, 1.807) is 0 Å². The van der Waals surface area contributed by atoms with Crippen LogP contribution in [-0.4, -0.2) is 62.4 Å². The van der Waals surface area contributed by atoms with Crippen LogP contribution in [0.4, 0.5) is 0 Å². The summed E-state index contributed by atoms with van der Waals surface area (Å²) in [6.07, 6.45) is 4.83. The molecule has 1 saturated carbocycles. The highest BCUT2D eigenvalue weighted by atomic mass is 16.5. The largest absolute Gasteiger partial charge is 0.468 e. The van der Waals surface area contributed by atoms with Crippen molar-refractivity contribution in [3.05, 3.63) is 0 Å². The molecule has 2 rings (SSSR count). The van der Waals surface area contributed by atoms with Crippen LogP contribution in [0.25, 0.3) is 0 Å². The summed E-state index contributed by atoms with van der Waals surface area (Å²) in [5, 5.41) is 3.10. The van der Waals surface area contributed by atoms with Crippen LogP contribution in [0.3, 0.4) is 0 Å². The molecular formula is C14H26N2O3. The Morgan fingerprint density at radius 1 is 1.53 bits per heavy atom. The summed E-state index contributed by atoms with van der Waals surface area (Å²) >= 11 is 0. The second kappa shape index (κ2) is 6.20. The van der Waals surface area contributed by atoms with Crippen molar-refractivity contribution in [3.8, 4) is 0 Å². The fourth-order valence-corrected chi connectivity index (χ4v) is 3.20. The number of methoxy groups -OCH3 is 1. The van der Waals surface area contributed by atoms with Gasteiger partial charge in [0.2, 0.25) is 0 Å². The summed E-state index contributed by atoms with van der Waals surface area (Å²) in [5.41, 5.74) is -0.596. The third-order valence-electron chi connectivity index (χ3n) is 4.68. The first-order chi connectivity index (χ1) is 9.10. The molecule has 0 aromatic heterocycles. The Hall–Kier alpha value is -0.650. The number of carbonyl (C=O) groups is 1. The molecule has 2 aliphatic rings. The van der Waals surface area contributed by atoms with Gasteiger partial charge in [-0.15, -0.1) is 0 Å². The molecule has 3 atom stereocenters. The Balaban J connectivity index is 1.91. The summed E-state index contributed by atoms with van der Waals surface area (Å²) < 4.78 is 10.7. The Morgan fingerprint density at radius 3 is 3.00 bits per heavy atom. The van der Waals surface area contributed by atoms with Gasteiger partial charge in [-0.2, -0.15) is 0 Å². The van der Waals surface area contributed by atoms with Gasteiger partial charge in [-0.05, 0) is 39.7 Å². The maximum atomic E-state index is 11.8. The summed E-state index contributed by atoms with van der Waals surface area (Å²) in [6, 6.07) is 0.549. The van der Waals surface area contributed by atoms with E-state index in [1.807, 2.05) is 14.0 Å². The van der Waals surface area contributed by atoms with E-state index in [0.29, 0.717) is 12.1 Å². The normalized spacial score (nSPS) is 30.7. The van der Waals surface area contributed by atoms with Gasteiger partial charge in [0.15, 0.2) is 0 Å². The molecule has 0 amide bonds. The Labute approximate surface area is 115 Å². The number of carbonyl (C=O) groups excluding carboxylic acids is 1. The van der Waals surface area contributed by atoms with E-state index in [2.05, 4.69) is 10.2 Å². The van der Waals surface area contributed by atoms with Crippen LogP contribution in [0.2, 0.25) is 0 Å². The third-order valence-corrected chi connectivity index (χ3v) is 4.68. The Morgan fingerprint density at radius 2 is 2.32 bits per heavy atom. The van der Waals surface area contributed by atoms with Crippen molar-refractivity contribution >= 4 is 5.97 Å². The number of esters is 1. The fraction of sp³-hybridized carbons (Fsp3) is 0.929. The number of hydrogen-bond acceptors (Lipinski definition) is 5. The molecule has 3 unspecified atom stereocenters. The molecule has 0 bridgehead atoms. The van der Waals surface area contributed by atoms with Crippen LogP contribution in [0.1, 0.15) is 32.6 Å². The van der Waals surface area contributed by atoms with Gasteiger partial charge >= 0.3 is 5.97 Å². The van der Waals surface area contributed by atoms with Gasteiger partial charge < -0.3 is 14.8 Å². The van der Waals surface area contributed by atoms with Crippen molar-refractivity contribution in [2.75, 3.05) is 33.9 Å². The molecule has 2 fully saturated rings. The average molecular weight is 270 g/mol. The predicted molar refractivity (Wildman–Crippen MR) is 73.0 cm³/mol. The smallest absolute Gasteiger partial charge is 0.325 e. The topological polar surface area (TPSA) is 50.8 Å². The average Bonchev–Trinajstić information content (AvgIpc) is 2.92. The summed E-state index contributed by atoms with van der Waals surface area (Å²) in [4.78, 5) is 14.3. The molecule has 110 valence electrons. The highest BCUT2D eigenvalue weighted by molar-refractivity contribution is 5.80. The van der Waals surface area contributed by atoms with Crippen molar-refractivity contribution in [2.45, 2.75) is 50.3 Å². The van der Waals surface area contributed by atoms with E-state index in [-0.39, 0.29) is 5.97 Å². The summed E-state index contributed by atoms with van der Waals surface area (Å²) in [7, 11) is 3.26. The highest BCUT2D eigenvalue weighted by Gasteiger charge is 2.38. The van der Waals surface area contributed by atoms with Gasteiger partial charge in [0.25, 0.3) is 0 Å². The maximum absolute atomic E-state index is 11.8. The van der Waals surface area contributed by atoms with Crippen molar-refractivity contribution in [1.29, 1.82) is 0 Å². The number of fused-ring (bicyclic) bond motifs is 1. The lowest BCUT2D eigenvalue weighted by Crippen LogP contribution is -2.54. The second-order valence-electron chi connectivity index (χ2n) is 5.77. The zero-order valence-corrected chi connectivity index (χ0v) is 12.3. The van der Waals surface area contributed by atoms with Gasteiger partial charge in [0.1, 0.15) is 5.54 Å². The van der Waals surface area contributed by atoms with E-state index in [0.717, 1.165) is 26.1 Å². The van der Waals surface area contributed by atoms with Gasteiger partial charge in [-0.3, -0.25) is 9.69 Å². The van der Waals surface area contributed by atoms with Crippen molar-refractivity contribution in [1.82, 2.24) is 10.2 Å². The highest BCUT2D eigenvalue weighted by Crippen LogP contribution is 2.30. The zero-order valence-electron chi connectivity index (χ0n) is 12.3. The molecule has 1 N–H and O–H groups in total. The van der Waals surface area contributed by atoms with Crippen LogP contribution >= 0.6 is 0 Å². The van der Waals surface area contributed by atoms with E-state index in [9.17, 15) is 4.79 Å². The first kappa shape index (κ1) is 14.8. The first-order valence-electron chi connectivity index (χ1n) is 7.23. The molecule has 1 aliphatic carbocycles. The lowest BCUT2D eigenvalue weighted by molar-refractivity contribution is -0.148. The molecule has 0 radical (unpaired) electrons. The fourth-order valence-electron chi connectivity index (χ4n) is 3.20. The molecule has 1 aliphatic heterocycles. The minimum atomic E-state index is -0.596. The SMILES string of the molecule is CNC(C)(CCN1CCOC2CCCC21)C(=O)OC. The predicted octanol–water partition coefficient (Wildman–Crippen LogP) is 0.781. The van der Waals surface area contributed by atoms with E-state index in [1.165, 1.54) is 26.4 Å². The molecule has 5 heteroatoms. The van der Waals surface area contributed by atoms with Gasteiger partial charge in [-0.25, -0.2) is 0 Å². The van der Waals surface area contributed by atoms with E-state index < -0.39 is 5.54 Å². The lowest BCUT2D eigenvalue weighted by Gasteiger charge is -2.39. The minimum Gasteiger partial charge on any atom is -0.468 e. The zero-order chi connectivity index (χ0) is 13.9. The number of rotatable bonds is 5. The first-order valence-corrected chi connectivity index (χ1v) is 7.23. The Kier molecular flexibility index (Phi) is 4.81. The number of ether oxygens (including phenoxy) is 2. The molecule has 0 aromatic rings. The third kappa shape index (κ3) is 3.09. The summed E-state index contributed by atoms with van der Waals surface area (Å²) in [5.74, 6) is -0.189. The van der Waals surface area contributed by atoms with Crippen LogP contribution in [0.5, 0.6) is 0 Å². The number of nitrogens with one attached hydrogen (secondary N) is 1. The number of hydrogen-bond donors (Lipinski definition) is 1. The van der Waals surface area contributed by atoms with Crippen LogP contribution in [0, 0.1) is 0 Å². The van der Waals surface area contributed by atoms with Crippen LogP contribution in [-0.2, 0) is 14.3 Å². The molecule has 0 spiro atoms. The molecule has 5 nitrogen and oxygen atoms in total. The van der Waals surface area contributed by atoms with Crippen molar-refractivity contribution in [3.63, 3.8) is 0 Å². The lowest BCUT2D eigenvalue weighted by atomic mass is 9.97. The number of morpholine rings is 1. The molecule has 1 saturated heterocycles. The molecule has 0 aromatic carbocycles. The minimum absolute atomic E-state index is 0.189. The molecule has 19 heavy (non-hydrogen) atoms.